The second-order valence-corrected chi connectivity index (χ2v) is 6.44. The van der Waals surface area contributed by atoms with Crippen molar-refractivity contribution in [2.45, 2.75) is 6.04 Å². The van der Waals surface area contributed by atoms with Crippen LogP contribution in [0.5, 0.6) is 0 Å². The molecular formula is C20H21N3O3. The number of carbonyl (C=O) groups excluding carboxylic acids is 2. The van der Waals surface area contributed by atoms with E-state index in [-0.39, 0.29) is 11.3 Å². The van der Waals surface area contributed by atoms with Crippen molar-refractivity contribution in [2.24, 2.45) is 0 Å². The van der Waals surface area contributed by atoms with Crippen molar-refractivity contribution in [1.29, 1.82) is 0 Å². The van der Waals surface area contributed by atoms with Gasteiger partial charge in [-0.2, -0.15) is 0 Å². The summed E-state index contributed by atoms with van der Waals surface area (Å²) in [6, 6.07) is 11.7. The van der Waals surface area contributed by atoms with Crippen LogP contribution in [0.3, 0.4) is 0 Å². The predicted octanol–water partition coefficient (Wildman–Crippen LogP) is 2.06. The number of aliphatic hydroxyl groups is 1. The highest BCUT2D eigenvalue weighted by Crippen LogP contribution is 2.38. The van der Waals surface area contributed by atoms with Gasteiger partial charge in [0, 0.05) is 31.0 Å². The lowest BCUT2D eigenvalue weighted by molar-refractivity contribution is -0.140. The van der Waals surface area contributed by atoms with E-state index in [0.29, 0.717) is 18.7 Å². The van der Waals surface area contributed by atoms with Crippen molar-refractivity contribution in [1.82, 2.24) is 14.8 Å². The Balaban J connectivity index is 2.12. The number of pyridine rings is 1. The van der Waals surface area contributed by atoms with E-state index in [9.17, 15) is 14.7 Å². The summed E-state index contributed by atoms with van der Waals surface area (Å²) in [7, 11) is 3.81. The number of likely N-dealkylation sites (tertiary alicyclic amines) is 1. The highest BCUT2D eigenvalue weighted by molar-refractivity contribution is 6.46. The summed E-state index contributed by atoms with van der Waals surface area (Å²) in [5.74, 6) is -1.41. The Labute approximate surface area is 152 Å². The van der Waals surface area contributed by atoms with Crippen molar-refractivity contribution in [3.63, 3.8) is 0 Å². The maximum Gasteiger partial charge on any atom is 0.295 e. The van der Waals surface area contributed by atoms with Crippen molar-refractivity contribution in [2.75, 3.05) is 27.2 Å². The second-order valence-electron chi connectivity index (χ2n) is 6.44. The number of hydrogen-bond acceptors (Lipinski definition) is 5. The molecule has 26 heavy (non-hydrogen) atoms. The van der Waals surface area contributed by atoms with Gasteiger partial charge in [0.05, 0.1) is 11.6 Å². The molecule has 6 heteroatoms. The number of aliphatic hydroxyl groups excluding tert-OH is 1. The molecule has 0 spiro atoms. The summed E-state index contributed by atoms with van der Waals surface area (Å²) in [5.41, 5.74) is 1.37. The quantitative estimate of drug-likeness (QED) is 0.507. The number of likely N-dealkylation sites (N-methyl/N-ethyl adjacent to an activating group) is 1. The van der Waals surface area contributed by atoms with Crippen LogP contribution < -0.4 is 0 Å². The third-order valence-corrected chi connectivity index (χ3v) is 4.40. The molecule has 0 aliphatic carbocycles. The highest BCUT2D eigenvalue weighted by atomic mass is 16.3. The Bertz CT molecular complexity index is 832. The lowest BCUT2D eigenvalue weighted by atomic mass is 9.96. The van der Waals surface area contributed by atoms with Crippen molar-refractivity contribution >= 4 is 17.4 Å². The normalized spacial score (nSPS) is 19.3. The maximum absolute atomic E-state index is 12.7. The predicted molar refractivity (Wildman–Crippen MR) is 98.2 cm³/mol. The van der Waals surface area contributed by atoms with Crippen LogP contribution in [0.25, 0.3) is 5.76 Å². The SMILES string of the molecule is CN(C)CCN1C(=O)C(=O)/C(=C(/O)c2ccccc2)[C@@H]1c1ccncc1. The van der Waals surface area contributed by atoms with Crippen LogP contribution in [-0.2, 0) is 9.59 Å². The standard InChI is InChI=1S/C20H21N3O3/c1-22(2)12-13-23-17(14-8-10-21-11-9-14)16(19(25)20(23)26)18(24)15-6-4-3-5-7-15/h3-11,17,24H,12-13H2,1-2H3/b18-16+/t17-/m0/s1. The molecule has 2 heterocycles. The van der Waals surface area contributed by atoms with Gasteiger partial charge >= 0.3 is 0 Å². The average molecular weight is 351 g/mol. The molecule has 1 saturated heterocycles. The third kappa shape index (κ3) is 3.36. The topological polar surface area (TPSA) is 73.7 Å². The minimum Gasteiger partial charge on any atom is -0.507 e. The molecule has 1 atom stereocenters. The third-order valence-electron chi connectivity index (χ3n) is 4.40. The molecule has 0 saturated carbocycles. The molecule has 1 amide bonds. The fourth-order valence-electron chi connectivity index (χ4n) is 3.06. The van der Waals surface area contributed by atoms with E-state index >= 15 is 0 Å². The fourth-order valence-corrected chi connectivity index (χ4v) is 3.06. The van der Waals surface area contributed by atoms with Gasteiger partial charge in [-0.25, -0.2) is 0 Å². The molecular weight excluding hydrogens is 330 g/mol. The molecule has 6 nitrogen and oxygen atoms in total. The van der Waals surface area contributed by atoms with Crippen molar-refractivity contribution in [3.8, 4) is 0 Å². The van der Waals surface area contributed by atoms with E-state index < -0.39 is 17.7 Å². The lowest BCUT2D eigenvalue weighted by Crippen LogP contribution is -2.35. The molecule has 0 unspecified atom stereocenters. The molecule has 1 aromatic carbocycles. The van der Waals surface area contributed by atoms with Gasteiger partial charge in [0.15, 0.2) is 0 Å². The van der Waals surface area contributed by atoms with Crippen LogP contribution in [0.1, 0.15) is 17.2 Å². The van der Waals surface area contributed by atoms with Crippen LogP contribution in [-0.4, -0.2) is 58.8 Å². The Hall–Kier alpha value is -2.99. The molecule has 1 fully saturated rings. The van der Waals surface area contributed by atoms with Crippen LogP contribution >= 0.6 is 0 Å². The molecule has 3 rings (SSSR count). The summed E-state index contributed by atoms with van der Waals surface area (Å²) >= 11 is 0. The van der Waals surface area contributed by atoms with Gasteiger partial charge < -0.3 is 14.9 Å². The maximum atomic E-state index is 12.7. The molecule has 134 valence electrons. The van der Waals surface area contributed by atoms with E-state index in [0.717, 1.165) is 5.56 Å². The van der Waals surface area contributed by atoms with Gasteiger partial charge in [0.2, 0.25) is 0 Å². The summed E-state index contributed by atoms with van der Waals surface area (Å²) in [6.07, 6.45) is 3.23. The molecule has 0 bridgehead atoms. The molecule has 1 aromatic heterocycles. The number of ketones is 1. The first-order chi connectivity index (χ1) is 12.5. The first-order valence-corrected chi connectivity index (χ1v) is 8.39. The Kier molecular flexibility index (Phi) is 5.14. The number of rotatable bonds is 5. The zero-order valence-electron chi connectivity index (χ0n) is 14.8. The molecule has 1 aliphatic rings. The van der Waals surface area contributed by atoms with Gasteiger partial charge in [-0.3, -0.25) is 14.6 Å². The minimum atomic E-state index is -0.660. The minimum absolute atomic E-state index is 0.117. The van der Waals surface area contributed by atoms with E-state index in [4.69, 9.17) is 0 Å². The van der Waals surface area contributed by atoms with Crippen LogP contribution in [0.2, 0.25) is 0 Å². The summed E-state index contributed by atoms with van der Waals surface area (Å²) in [5, 5.41) is 10.8. The first-order valence-electron chi connectivity index (χ1n) is 8.39. The number of aromatic nitrogens is 1. The smallest absolute Gasteiger partial charge is 0.295 e. The second kappa shape index (κ2) is 7.49. The zero-order chi connectivity index (χ0) is 18.7. The van der Waals surface area contributed by atoms with Gasteiger partial charge in [0.1, 0.15) is 5.76 Å². The largest absolute Gasteiger partial charge is 0.507 e. The molecule has 0 radical (unpaired) electrons. The fraction of sp³-hybridized carbons (Fsp3) is 0.250. The number of hydrogen-bond donors (Lipinski definition) is 1. The van der Waals surface area contributed by atoms with Gasteiger partial charge in [-0.15, -0.1) is 0 Å². The summed E-state index contributed by atoms with van der Waals surface area (Å²) in [6.45, 7) is 0.996. The van der Waals surface area contributed by atoms with E-state index in [2.05, 4.69) is 4.98 Å². The van der Waals surface area contributed by atoms with Gasteiger partial charge in [-0.1, -0.05) is 30.3 Å². The summed E-state index contributed by atoms with van der Waals surface area (Å²) in [4.78, 5) is 32.8. The van der Waals surface area contributed by atoms with E-state index in [1.807, 2.05) is 25.1 Å². The Morgan fingerprint density at radius 1 is 1.12 bits per heavy atom. The Morgan fingerprint density at radius 2 is 1.77 bits per heavy atom. The first kappa shape index (κ1) is 17.8. The van der Waals surface area contributed by atoms with Gasteiger partial charge in [0.25, 0.3) is 11.7 Å². The molecule has 1 aliphatic heterocycles. The lowest BCUT2D eigenvalue weighted by Gasteiger charge is -2.26. The van der Waals surface area contributed by atoms with Crippen LogP contribution in [0, 0.1) is 0 Å². The van der Waals surface area contributed by atoms with E-state index in [1.165, 1.54) is 4.90 Å². The Morgan fingerprint density at radius 3 is 2.38 bits per heavy atom. The number of amides is 1. The monoisotopic (exact) mass is 351 g/mol. The number of benzene rings is 1. The van der Waals surface area contributed by atoms with Crippen molar-refractivity contribution < 1.29 is 14.7 Å². The van der Waals surface area contributed by atoms with Gasteiger partial charge in [-0.05, 0) is 31.8 Å². The zero-order valence-corrected chi connectivity index (χ0v) is 14.8. The van der Waals surface area contributed by atoms with Crippen molar-refractivity contribution in [3.05, 3.63) is 71.6 Å². The summed E-state index contributed by atoms with van der Waals surface area (Å²) < 4.78 is 0. The number of Topliss-reactive ketones (excluding diaryl/α,β-unsaturated/α-hetero) is 1. The molecule has 1 N–H and O–H groups in total. The number of carbonyl (C=O) groups is 2. The van der Waals surface area contributed by atoms with Crippen LogP contribution in [0.4, 0.5) is 0 Å². The van der Waals surface area contributed by atoms with Crippen LogP contribution in [0.15, 0.2) is 60.4 Å². The van der Waals surface area contributed by atoms with E-state index in [1.54, 1.807) is 48.8 Å². The number of nitrogens with zero attached hydrogens (tertiary/aromatic N) is 3. The highest BCUT2D eigenvalue weighted by Gasteiger charge is 2.45. The molecule has 2 aromatic rings. The average Bonchev–Trinajstić information content (AvgIpc) is 2.91.